The third kappa shape index (κ3) is 3.10. The van der Waals surface area contributed by atoms with Gasteiger partial charge >= 0.3 is 0 Å². The van der Waals surface area contributed by atoms with Crippen LogP contribution in [0.3, 0.4) is 0 Å². The molecule has 1 aromatic heterocycles. The van der Waals surface area contributed by atoms with Crippen LogP contribution in [0.4, 0.5) is 11.4 Å². The number of hydrogen-bond donors (Lipinski definition) is 1. The number of amides is 2. The van der Waals surface area contributed by atoms with Crippen LogP contribution in [0, 0.1) is 6.92 Å². The Morgan fingerprint density at radius 2 is 1.96 bits per heavy atom. The summed E-state index contributed by atoms with van der Waals surface area (Å²) in [4.78, 5) is 38.2. The molecule has 0 bridgehead atoms. The van der Waals surface area contributed by atoms with Gasteiger partial charge in [-0.2, -0.15) is 0 Å². The number of likely N-dealkylation sites (N-methyl/N-ethyl adjacent to an activating group) is 1. The first-order chi connectivity index (χ1) is 13.3. The maximum absolute atomic E-state index is 12.6. The Morgan fingerprint density at radius 1 is 1.18 bits per heavy atom. The number of halogens is 1. The van der Waals surface area contributed by atoms with Crippen LogP contribution in [-0.2, 0) is 4.79 Å². The number of ether oxygens (including phenoxy) is 1. The predicted octanol–water partition coefficient (Wildman–Crippen LogP) is 3.36. The zero-order valence-electron chi connectivity index (χ0n) is 15.0. The maximum Gasteiger partial charge on any atom is 0.291 e. The number of benzene rings is 2. The summed E-state index contributed by atoms with van der Waals surface area (Å²) in [7, 11) is 1.63. The second-order valence-electron chi connectivity index (χ2n) is 6.45. The minimum absolute atomic E-state index is 0.0269. The van der Waals surface area contributed by atoms with Gasteiger partial charge < -0.3 is 19.4 Å². The van der Waals surface area contributed by atoms with Crippen LogP contribution in [0.1, 0.15) is 16.1 Å². The Bertz CT molecular complexity index is 1200. The summed E-state index contributed by atoms with van der Waals surface area (Å²) in [5, 5.41) is 3.43. The van der Waals surface area contributed by atoms with Gasteiger partial charge in [0.2, 0.25) is 0 Å². The third-order valence-electron chi connectivity index (χ3n) is 4.54. The Labute approximate surface area is 164 Å². The fraction of sp³-hybridized carbons (Fsp3) is 0.150. The molecule has 0 radical (unpaired) electrons. The first-order valence-electron chi connectivity index (χ1n) is 8.42. The lowest BCUT2D eigenvalue weighted by atomic mass is 10.1. The van der Waals surface area contributed by atoms with Gasteiger partial charge in [-0.25, -0.2) is 0 Å². The van der Waals surface area contributed by atoms with E-state index in [1.807, 2.05) is 0 Å². The second-order valence-corrected chi connectivity index (χ2v) is 6.86. The van der Waals surface area contributed by atoms with Crippen molar-refractivity contribution < 1.29 is 18.7 Å². The van der Waals surface area contributed by atoms with Gasteiger partial charge in [-0.15, -0.1) is 0 Å². The lowest BCUT2D eigenvalue weighted by molar-refractivity contribution is -0.120. The van der Waals surface area contributed by atoms with Crippen molar-refractivity contribution in [1.82, 2.24) is 0 Å². The highest BCUT2D eigenvalue weighted by molar-refractivity contribution is 6.32. The topological polar surface area (TPSA) is 88.8 Å². The van der Waals surface area contributed by atoms with Gasteiger partial charge in [0.15, 0.2) is 17.8 Å². The van der Waals surface area contributed by atoms with Crippen LogP contribution in [0.2, 0.25) is 5.02 Å². The van der Waals surface area contributed by atoms with E-state index in [9.17, 15) is 14.4 Å². The zero-order valence-corrected chi connectivity index (χ0v) is 15.8. The van der Waals surface area contributed by atoms with E-state index in [4.69, 9.17) is 20.8 Å². The van der Waals surface area contributed by atoms with Crippen molar-refractivity contribution in [3.05, 3.63) is 63.0 Å². The van der Waals surface area contributed by atoms with E-state index in [-0.39, 0.29) is 29.3 Å². The molecule has 1 aliphatic heterocycles. The summed E-state index contributed by atoms with van der Waals surface area (Å²) in [6.07, 6.45) is 0. The zero-order chi connectivity index (χ0) is 20.0. The molecule has 0 spiro atoms. The quantitative estimate of drug-likeness (QED) is 0.715. The fourth-order valence-electron chi connectivity index (χ4n) is 2.93. The lowest BCUT2D eigenvalue weighted by Gasteiger charge is -2.26. The molecule has 2 aromatic carbocycles. The third-order valence-corrected chi connectivity index (χ3v) is 4.94. The molecular weight excluding hydrogens is 384 g/mol. The molecule has 1 aliphatic rings. The molecule has 0 saturated heterocycles. The van der Waals surface area contributed by atoms with E-state index in [1.54, 1.807) is 38.2 Å². The Balaban J connectivity index is 1.67. The first-order valence-corrected chi connectivity index (χ1v) is 8.80. The number of rotatable bonds is 2. The molecule has 0 saturated carbocycles. The smallest absolute Gasteiger partial charge is 0.291 e. The van der Waals surface area contributed by atoms with Crippen LogP contribution >= 0.6 is 11.6 Å². The average molecular weight is 399 g/mol. The molecule has 2 heterocycles. The van der Waals surface area contributed by atoms with Crippen LogP contribution in [0.25, 0.3) is 11.0 Å². The van der Waals surface area contributed by atoms with Crippen molar-refractivity contribution in [3.63, 3.8) is 0 Å². The molecular formula is C20H15ClN2O5. The van der Waals surface area contributed by atoms with E-state index in [0.717, 1.165) is 11.6 Å². The minimum Gasteiger partial charge on any atom is -0.482 e. The summed E-state index contributed by atoms with van der Waals surface area (Å²) in [5.41, 5.74) is 1.63. The fourth-order valence-corrected chi connectivity index (χ4v) is 3.09. The summed E-state index contributed by atoms with van der Waals surface area (Å²) >= 11 is 6.05. The van der Waals surface area contributed by atoms with Gasteiger partial charge in [-0.3, -0.25) is 14.4 Å². The van der Waals surface area contributed by atoms with Gasteiger partial charge in [0.05, 0.1) is 11.1 Å². The average Bonchev–Trinajstić information content (AvgIpc) is 2.66. The van der Waals surface area contributed by atoms with Crippen molar-refractivity contribution in [2.75, 3.05) is 23.9 Å². The van der Waals surface area contributed by atoms with Crippen LogP contribution < -0.4 is 20.4 Å². The summed E-state index contributed by atoms with van der Waals surface area (Å²) in [6, 6.07) is 9.19. The van der Waals surface area contributed by atoms with E-state index >= 15 is 0 Å². The van der Waals surface area contributed by atoms with Crippen molar-refractivity contribution in [1.29, 1.82) is 0 Å². The molecule has 0 fully saturated rings. The van der Waals surface area contributed by atoms with Crippen molar-refractivity contribution in [3.8, 4) is 5.75 Å². The number of nitrogens with one attached hydrogen (secondary N) is 1. The predicted molar refractivity (Wildman–Crippen MR) is 106 cm³/mol. The summed E-state index contributed by atoms with van der Waals surface area (Å²) in [5.74, 6) is -0.356. The standard InChI is InChI=1S/C20H15ClN2O5/c1-10-5-17-12(7-13(10)21)15(24)8-18(28-17)20(26)22-11-3-4-16-14(6-11)23(2)19(25)9-27-16/h3-8H,9H2,1-2H3,(H,22,26). The molecule has 7 nitrogen and oxygen atoms in total. The summed E-state index contributed by atoms with van der Waals surface area (Å²) in [6.45, 7) is 1.75. The second kappa shape index (κ2) is 6.69. The van der Waals surface area contributed by atoms with Crippen LogP contribution in [0.15, 0.2) is 45.6 Å². The molecule has 2 amide bonds. The minimum atomic E-state index is -0.586. The monoisotopic (exact) mass is 398 g/mol. The van der Waals surface area contributed by atoms with E-state index in [0.29, 0.717) is 27.5 Å². The molecule has 3 aromatic rings. The highest BCUT2D eigenvalue weighted by atomic mass is 35.5. The lowest BCUT2D eigenvalue weighted by Crippen LogP contribution is -2.35. The van der Waals surface area contributed by atoms with Gasteiger partial charge in [0.25, 0.3) is 11.8 Å². The number of fused-ring (bicyclic) bond motifs is 2. The Morgan fingerprint density at radius 3 is 2.75 bits per heavy atom. The maximum atomic E-state index is 12.6. The summed E-state index contributed by atoms with van der Waals surface area (Å²) < 4.78 is 11.0. The highest BCUT2D eigenvalue weighted by Gasteiger charge is 2.23. The van der Waals surface area contributed by atoms with Crippen molar-refractivity contribution in [2.24, 2.45) is 0 Å². The largest absolute Gasteiger partial charge is 0.482 e. The highest BCUT2D eigenvalue weighted by Crippen LogP contribution is 2.33. The normalized spacial score (nSPS) is 13.2. The number of aryl methyl sites for hydroxylation is 1. The van der Waals surface area contributed by atoms with E-state index < -0.39 is 5.91 Å². The molecule has 4 rings (SSSR count). The van der Waals surface area contributed by atoms with Crippen molar-refractivity contribution >= 4 is 45.8 Å². The molecule has 28 heavy (non-hydrogen) atoms. The van der Waals surface area contributed by atoms with Gasteiger partial charge in [-0.05, 0) is 42.8 Å². The number of hydrogen-bond acceptors (Lipinski definition) is 5. The van der Waals surface area contributed by atoms with E-state index in [2.05, 4.69) is 5.32 Å². The number of carbonyl (C=O) groups excluding carboxylic acids is 2. The van der Waals surface area contributed by atoms with Crippen LogP contribution in [0.5, 0.6) is 5.75 Å². The molecule has 8 heteroatoms. The number of carbonyl (C=O) groups is 2. The molecule has 0 aliphatic carbocycles. The molecule has 0 unspecified atom stereocenters. The Hall–Kier alpha value is -3.32. The van der Waals surface area contributed by atoms with Crippen LogP contribution in [-0.4, -0.2) is 25.5 Å². The van der Waals surface area contributed by atoms with Gasteiger partial charge in [-0.1, -0.05) is 11.6 Å². The number of nitrogens with zero attached hydrogens (tertiary/aromatic N) is 1. The Kier molecular flexibility index (Phi) is 4.31. The molecule has 1 N–H and O–H groups in total. The number of anilines is 2. The van der Waals surface area contributed by atoms with E-state index in [1.165, 1.54) is 11.0 Å². The van der Waals surface area contributed by atoms with Gasteiger partial charge in [0, 0.05) is 23.8 Å². The molecule has 0 atom stereocenters. The van der Waals surface area contributed by atoms with Crippen molar-refractivity contribution in [2.45, 2.75) is 6.92 Å². The SMILES string of the molecule is Cc1cc2oc(C(=O)Nc3ccc4c(c3)N(C)C(=O)CO4)cc(=O)c2cc1Cl. The molecule has 142 valence electrons. The first kappa shape index (κ1) is 18.1. The van der Waals surface area contributed by atoms with Gasteiger partial charge in [0.1, 0.15) is 11.3 Å².